The Morgan fingerprint density at radius 2 is 1.93 bits per heavy atom. The van der Waals surface area contributed by atoms with Crippen LogP contribution in [-0.2, 0) is 19.4 Å². The number of thioether (sulfide) groups is 1. The van der Waals surface area contributed by atoms with Crippen LogP contribution in [0.25, 0.3) is 0 Å². The second-order valence-electron chi connectivity index (χ2n) is 7.65. The van der Waals surface area contributed by atoms with Gasteiger partial charge >= 0.3 is 6.09 Å². The maximum atomic E-state index is 12.3. The van der Waals surface area contributed by atoms with Crippen molar-refractivity contribution in [3.63, 3.8) is 0 Å². The van der Waals surface area contributed by atoms with E-state index in [1.807, 2.05) is 35.2 Å². The van der Waals surface area contributed by atoms with E-state index in [9.17, 15) is 18.0 Å². The first-order valence-electron chi connectivity index (χ1n) is 8.84. The van der Waals surface area contributed by atoms with Gasteiger partial charge in [0.25, 0.3) is 5.91 Å². The summed E-state index contributed by atoms with van der Waals surface area (Å²) in [6, 6.07) is 9.01. The van der Waals surface area contributed by atoms with Gasteiger partial charge < -0.3 is 15.0 Å². The monoisotopic (exact) mass is 425 g/mol. The molecule has 3 rings (SSSR count). The third-order valence-electron chi connectivity index (χ3n) is 4.10. The molecule has 2 saturated heterocycles. The SMILES string of the molecule is CC(C)(C)OC(=O)NCC(=O)N=C1S[C@H]2CS(=O)(=O)C[C@@H]2N1c1ccccc1. The number of aliphatic imine (C=N–C) groups is 1. The largest absolute Gasteiger partial charge is 0.444 e. The average Bonchev–Trinajstić information content (AvgIpc) is 3.03. The van der Waals surface area contributed by atoms with Gasteiger partial charge in [-0.1, -0.05) is 30.0 Å². The average molecular weight is 426 g/mol. The first kappa shape index (κ1) is 20.7. The molecule has 0 aromatic heterocycles. The van der Waals surface area contributed by atoms with Crippen LogP contribution in [0.15, 0.2) is 35.3 Å². The number of hydrogen-bond acceptors (Lipinski definition) is 6. The predicted molar refractivity (Wildman–Crippen MR) is 109 cm³/mol. The molecule has 0 unspecified atom stereocenters. The van der Waals surface area contributed by atoms with E-state index in [0.29, 0.717) is 5.17 Å². The lowest BCUT2D eigenvalue weighted by Gasteiger charge is -2.24. The van der Waals surface area contributed by atoms with Gasteiger partial charge in [0.2, 0.25) is 0 Å². The molecule has 0 aliphatic carbocycles. The van der Waals surface area contributed by atoms with Crippen LogP contribution in [0.5, 0.6) is 0 Å². The number of amides is 2. The van der Waals surface area contributed by atoms with Gasteiger partial charge in [-0.3, -0.25) is 4.79 Å². The predicted octanol–water partition coefficient (Wildman–Crippen LogP) is 1.81. The summed E-state index contributed by atoms with van der Waals surface area (Å²) < 4.78 is 29.2. The van der Waals surface area contributed by atoms with Crippen LogP contribution in [0.3, 0.4) is 0 Å². The van der Waals surface area contributed by atoms with Gasteiger partial charge in [-0.2, -0.15) is 4.99 Å². The second kappa shape index (κ2) is 7.75. The summed E-state index contributed by atoms with van der Waals surface area (Å²) in [5.74, 6) is -0.435. The smallest absolute Gasteiger partial charge is 0.408 e. The number of nitrogens with one attached hydrogen (secondary N) is 1. The van der Waals surface area contributed by atoms with Crippen molar-refractivity contribution in [2.75, 3.05) is 23.0 Å². The molecule has 0 bridgehead atoms. The fourth-order valence-corrected chi connectivity index (χ4v) is 6.99. The fourth-order valence-electron chi connectivity index (χ4n) is 3.06. The first-order valence-corrected chi connectivity index (χ1v) is 11.5. The lowest BCUT2D eigenvalue weighted by Crippen LogP contribution is -2.38. The molecule has 2 amide bonds. The number of ether oxygens (including phenoxy) is 1. The zero-order valence-corrected chi connectivity index (χ0v) is 17.5. The first-order chi connectivity index (χ1) is 13.0. The number of carbonyl (C=O) groups is 2. The molecule has 0 spiro atoms. The summed E-state index contributed by atoms with van der Waals surface area (Å²) in [6.07, 6.45) is -0.692. The summed E-state index contributed by atoms with van der Waals surface area (Å²) in [5, 5.41) is 2.67. The van der Waals surface area contributed by atoms with Crippen molar-refractivity contribution >= 4 is 44.5 Å². The summed E-state index contributed by atoms with van der Waals surface area (Å²) >= 11 is 1.29. The standard InChI is InChI=1S/C18H23N3O5S2/c1-18(2,3)26-17(23)19-9-15(22)20-16-21(12-7-5-4-6-8-12)13-10-28(24,25)11-14(13)27-16/h4-8,13-14H,9-11H2,1-3H3,(H,19,23)/t13-,14-/m0/s1. The van der Waals surface area contributed by atoms with Crippen LogP contribution < -0.4 is 10.2 Å². The number of rotatable bonds is 3. The Bertz CT molecular complexity index is 894. The van der Waals surface area contributed by atoms with E-state index >= 15 is 0 Å². The topological polar surface area (TPSA) is 105 Å². The van der Waals surface area contributed by atoms with Crippen molar-refractivity contribution in [1.82, 2.24) is 5.32 Å². The van der Waals surface area contributed by atoms with E-state index in [4.69, 9.17) is 4.74 Å². The third-order valence-corrected chi connectivity index (χ3v) is 7.31. The molecule has 2 atom stereocenters. The highest BCUT2D eigenvalue weighted by Gasteiger charge is 2.49. The van der Waals surface area contributed by atoms with E-state index in [1.165, 1.54) is 11.8 Å². The zero-order chi connectivity index (χ0) is 20.5. The quantitative estimate of drug-likeness (QED) is 0.787. The van der Waals surface area contributed by atoms with Crippen LogP contribution in [0.4, 0.5) is 10.5 Å². The molecule has 2 aliphatic heterocycles. The Balaban J connectivity index is 1.74. The molecule has 0 saturated carbocycles. The number of benzene rings is 1. The Labute approximate surface area is 168 Å². The van der Waals surface area contributed by atoms with E-state index in [1.54, 1.807) is 20.8 Å². The number of para-hydroxylation sites is 1. The molecular formula is C18H23N3O5S2. The van der Waals surface area contributed by atoms with Crippen molar-refractivity contribution in [2.45, 2.75) is 37.7 Å². The van der Waals surface area contributed by atoms with Gasteiger partial charge in [-0.05, 0) is 32.9 Å². The minimum Gasteiger partial charge on any atom is -0.444 e. The molecule has 1 aromatic carbocycles. The number of hydrogen-bond donors (Lipinski definition) is 1. The Morgan fingerprint density at radius 1 is 1.25 bits per heavy atom. The summed E-state index contributed by atoms with van der Waals surface area (Å²) in [6.45, 7) is 4.90. The maximum absolute atomic E-state index is 12.3. The van der Waals surface area contributed by atoms with E-state index in [0.717, 1.165) is 5.69 Å². The van der Waals surface area contributed by atoms with Crippen LogP contribution in [0, 0.1) is 0 Å². The lowest BCUT2D eigenvalue weighted by molar-refractivity contribution is -0.117. The number of nitrogens with zero attached hydrogens (tertiary/aromatic N) is 2. The van der Waals surface area contributed by atoms with Gasteiger partial charge in [0.15, 0.2) is 15.0 Å². The van der Waals surface area contributed by atoms with Crippen LogP contribution in [0.2, 0.25) is 0 Å². The maximum Gasteiger partial charge on any atom is 0.408 e. The Hall–Kier alpha value is -2.07. The molecule has 2 aliphatic rings. The number of carbonyl (C=O) groups excluding carboxylic acids is 2. The van der Waals surface area contributed by atoms with Crippen molar-refractivity contribution in [2.24, 2.45) is 4.99 Å². The number of alkyl carbamates (subject to hydrolysis) is 1. The molecule has 1 aromatic rings. The van der Waals surface area contributed by atoms with E-state index < -0.39 is 27.4 Å². The highest BCUT2D eigenvalue weighted by atomic mass is 32.2. The van der Waals surface area contributed by atoms with E-state index in [2.05, 4.69) is 10.3 Å². The molecule has 0 radical (unpaired) electrons. The van der Waals surface area contributed by atoms with Crippen molar-refractivity contribution in [1.29, 1.82) is 0 Å². The zero-order valence-electron chi connectivity index (χ0n) is 15.9. The van der Waals surface area contributed by atoms with Gasteiger partial charge in [0.05, 0.1) is 17.5 Å². The minimum absolute atomic E-state index is 0.0307. The number of sulfone groups is 1. The second-order valence-corrected chi connectivity index (χ2v) is 11.0. The number of fused-ring (bicyclic) bond motifs is 1. The Kier molecular flexibility index (Phi) is 5.72. The van der Waals surface area contributed by atoms with Crippen molar-refractivity contribution in [3.05, 3.63) is 30.3 Å². The highest BCUT2D eigenvalue weighted by molar-refractivity contribution is 8.16. The van der Waals surface area contributed by atoms with Crippen LogP contribution >= 0.6 is 11.8 Å². The van der Waals surface area contributed by atoms with Crippen molar-refractivity contribution < 1.29 is 22.7 Å². The Morgan fingerprint density at radius 3 is 2.57 bits per heavy atom. The summed E-state index contributed by atoms with van der Waals surface area (Å²) in [4.78, 5) is 29.9. The van der Waals surface area contributed by atoms with Crippen LogP contribution in [-0.4, -0.2) is 60.5 Å². The molecule has 152 valence electrons. The molecule has 8 nitrogen and oxygen atoms in total. The van der Waals surface area contributed by atoms with Gasteiger partial charge in [0, 0.05) is 10.9 Å². The summed E-state index contributed by atoms with van der Waals surface area (Å²) in [7, 11) is -3.11. The summed E-state index contributed by atoms with van der Waals surface area (Å²) in [5.41, 5.74) is 0.124. The van der Waals surface area contributed by atoms with Gasteiger partial charge in [-0.25, -0.2) is 13.2 Å². The lowest BCUT2D eigenvalue weighted by atomic mass is 10.2. The minimum atomic E-state index is -3.11. The molecule has 1 N–H and O–H groups in total. The third kappa shape index (κ3) is 5.05. The molecular weight excluding hydrogens is 402 g/mol. The normalized spacial score (nSPS) is 24.8. The van der Waals surface area contributed by atoms with Gasteiger partial charge in [0.1, 0.15) is 12.1 Å². The molecule has 28 heavy (non-hydrogen) atoms. The highest BCUT2D eigenvalue weighted by Crippen LogP contribution is 2.40. The number of anilines is 1. The van der Waals surface area contributed by atoms with Crippen LogP contribution in [0.1, 0.15) is 20.8 Å². The number of amidine groups is 1. The van der Waals surface area contributed by atoms with Crippen molar-refractivity contribution in [3.8, 4) is 0 Å². The fraction of sp³-hybridized carbons (Fsp3) is 0.500. The molecule has 2 fully saturated rings. The molecule has 10 heteroatoms. The van der Waals surface area contributed by atoms with E-state index in [-0.39, 0.29) is 29.3 Å². The van der Waals surface area contributed by atoms with Gasteiger partial charge in [-0.15, -0.1) is 0 Å². The molecule has 2 heterocycles.